The van der Waals surface area contributed by atoms with E-state index in [-0.39, 0.29) is 5.60 Å². The number of rotatable bonds is 0. The van der Waals surface area contributed by atoms with Crippen molar-refractivity contribution >= 4 is 5.78 Å². The number of ketones is 1. The monoisotopic (exact) mass is 182 g/mol. The number of Topliss-reactive ketones (excluding diaryl/α,β-unsaturated/α-hetero) is 1. The number of hydrogen-bond donors (Lipinski definition) is 0. The summed E-state index contributed by atoms with van der Waals surface area (Å²) < 4.78 is 5.83. The Hall–Kier alpha value is -0.370. The molecule has 2 aliphatic rings. The maximum atomic E-state index is 11.4. The predicted octanol–water partition coefficient (Wildman–Crippen LogP) is 2.31. The van der Waals surface area contributed by atoms with Crippen molar-refractivity contribution in [3.63, 3.8) is 0 Å². The van der Waals surface area contributed by atoms with Crippen molar-refractivity contribution in [3.8, 4) is 0 Å². The molecule has 2 heteroatoms. The zero-order chi connectivity index (χ0) is 9.31. The molecule has 1 aliphatic carbocycles. The summed E-state index contributed by atoms with van der Waals surface area (Å²) in [5.74, 6) is 1.14. The molecule has 1 heterocycles. The smallest absolute Gasteiger partial charge is 0.138 e. The first-order valence-electron chi connectivity index (χ1n) is 5.36. The summed E-state index contributed by atoms with van der Waals surface area (Å²) >= 11 is 0. The molecule has 2 atom stereocenters. The number of hydrogen-bond acceptors (Lipinski definition) is 2. The van der Waals surface area contributed by atoms with Crippen molar-refractivity contribution in [2.75, 3.05) is 6.61 Å². The first kappa shape index (κ1) is 9.20. The van der Waals surface area contributed by atoms with Crippen LogP contribution in [0.3, 0.4) is 0 Å². The highest BCUT2D eigenvalue weighted by atomic mass is 16.5. The SMILES string of the molecule is CC1CCCC2(CC(=O)CCO2)C1. The first-order chi connectivity index (χ1) is 6.20. The van der Waals surface area contributed by atoms with Gasteiger partial charge in [0.1, 0.15) is 5.78 Å². The molecule has 0 bridgehead atoms. The second-order valence-corrected chi connectivity index (χ2v) is 4.70. The average Bonchev–Trinajstić information content (AvgIpc) is 2.02. The topological polar surface area (TPSA) is 26.3 Å². The Kier molecular flexibility index (Phi) is 2.41. The minimum atomic E-state index is -0.0486. The van der Waals surface area contributed by atoms with Gasteiger partial charge in [0.05, 0.1) is 12.2 Å². The fourth-order valence-corrected chi connectivity index (χ4v) is 2.78. The lowest BCUT2D eigenvalue weighted by Crippen LogP contribution is -2.43. The van der Waals surface area contributed by atoms with Gasteiger partial charge in [0.2, 0.25) is 0 Å². The maximum absolute atomic E-state index is 11.4. The summed E-state index contributed by atoms with van der Waals surface area (Å²) in [7, 11) is 0. The fourth-order valence-electron chi connectivity index (χ4n) is 2.78. The van der Waals surface area contributed by atoms with E-state index in [2.05, 4.69) is 6.92 Å². The standard InChI is InChI=1S/C11H18O2/c1-9-3-2-5-11(7-9)8-10(12)4-6-13-11/h9H,2-8H2,1H3. The van der Waals surface area contributed by atoms with Gasteiger partial charge in [0.25, 0.3) is 0 Å². The van der Waals surface area contributed by atoms with Crippen LogP contribution >= 0.6 is 0 Å². The summed E-state index contributed by atoms with van der Waals surface area (Å²) in [6, 6.07) is 0. The zero-order valence-corrected chi connectivity index (χ0v) is 8.34. The average molecular weight is 182 g/mol. The molecule has 2 unspecified atom stereocenters. The molecule has 0 N–H and O–H groups in total. The van der Waals surface area contributed by atoms with Crippen LogP contribution in [0.25, 0.3) is 0 Å². The maximum Gasteiger partial charge on any atom is 0.138 e. The molecule has 0 aromatic carbocycles. The van der Waals surface area contributed by atoms with Crippen LogP contribution in [0.4, 0.5) is 0 Å². The Bertz CT molecular complexity index is 208. The minimum absolute atomic E-state index is 0.0486. The molecule has 0 amide bonds. The first-order valence-corrected chi connectivity index (χ1v) is 5.36. The summed E-state index contributed by atoms with van der Waals surface area (Å²) in [6.07, 6.45) is 6.04. The van der Waals surface area contributed by atoms with E-state index in [9.17, 15) is 4.79 Å². The third-order valence-electron chi connectivity index (χ3n) is 3.36. The van der Waals surface area contributed by atoms with Crippen LogP contribution < -0.4 is 0 Å². The van der Waals surface area contributed by atoms with Crippen molar-refractivity contribution < 1.29 is 9.53 Å². The van der Waals surface area contributed by atoms with Crippen LogP contribution in [0.5, 0.6) is 0 Å². The van der Waals surface area contributed by atoms with Gasteiger partial charge < -0.3 is 4.74 Å². The van der Waals surface area contributed by atoms with Gasteiger partial charge in [-0.25, -0.2) is 0 Å². The Labute approximate surface area is 79.7 Å². The zero-order valence-electron chi connectivity index (χ0n) is 8.34. The van der Waals surface area contributed by atoms with E-state index in [0.29, 0.717) is 25.2 Å². The molecule has 1 spiro atoms. The van der Waals surface area contributed by atoms with Crippen molar-refractivity contribution in [1.82, 2.24) is 0 Å². The van der Waals surface area contributed by atoms with E-state index < -0.39 is 0 Å². The molecular formula is C11H18O2. The molecule has 1 saturated carbocycles. The molecule has 2 rings (SSSR count). The summed E-state index contributed by atoms with van der Waals surface area (Å²) in [5.41, 5.74) is -0.0486. The second kappa shape index (κ2) is 3.41. The number of carbonyl (C=O) groups is 1. The van der Waals surface area contributed by atoms with Crippen LogP contribution in [0, 0.1) is 5.92 Å². The second-order valence-electron chi connectivity index (χ2n) is 4.70. The van der Waals surface area contributed by atoms with E-state index >= 15 is 0 Å². The van der Waals surface area contributed by atoms with Gasteiger partial charge in [-0.1, -0.05) is 19.8 Å². The van der Waals surface area contributed by atoms with Crippen LogP contribution in [0.15, 0.2) is 0 Å². The van der Waals surface area contributed by atoms with E-state index in [1.807, 2.05) is 0 Å². The lowest BCUT2D eigenvalue weighted by Gasteiger charge is -2.41. The number of carbonyl (C=O) groups excluding carboxylic acids is 1. The lowest BCUT2D eigenvalue weighted by atomic mass is 9.75. The van der Waals surface area contributed by atoms with Gasteiger partial charge in [0, 0.05) is 12.8 Å². The van der Waals surface area contributed by atoms with E-state index in [1.54, 1.807) is 0 Å². The van der Waals surface area contributed by atoms with Gasteiger partial charge in [-0.2, -0.15) is 0 Å². The predicted molar refractivity (Wildman–Crippen MR) is 50.6 cm³/mol. The van der Waals surface area contributed by atoms with Crippen molar-refractivity contribution in [3.05, 3.63) is 0 Å². The third kappa shape index (κ3) is 1.93. The van der Waals surface area contributed by atoms with Gasteiger partial charge >= 0.3 is 0 Å². The largest absolute Gasteiger partial charge is 0.374 e. The fraction of sp³-hybridized carbons (Fsp3) is 0.909. The quantitative estimate of drug-likeness (QED) is 0.574. The molecule has 0 aromatic heterocycles. The Morgan fingerprint density at radius 3 is 3.08 bits per heavy atom. The molecule has 0 aromatic rings. The Balaban J connectivity index is 2.04. The summed E-state index contributed by atoms with van der Waals surface area (Å²) in [4.78, 5) is 11.4. The van der Waals surface area contributed by atoms with Crippen molar-refractivity contribution in [2.24, 2.45) is 5.92 Å². The van der Waals surface area contributed by atoms with Crippen molar-refractivity contribution in [1.29, 1.82) is 0 Å². The van der Waals surface area contributed by atoms with E-state index in [4.69, 9.17) is 4.74 Å². The minimum Gasteiger partial charge on any atom is -0.374 e. The molecule has 2 nitrogen and oxygen atoms in total. The summed E-state index contributed by atoms with van der Waals surface area (Å²) in [5, 5.41) is 0. The molecule has 74 valence electrons. The lowest BCUT2D eigenvalue weighted by molar-refractivity contribution is -0.147. The van der Waals surface area contributed by atoms with Gasteiger partial charge in [-0.3, -0.25) is 4.79 Å². The highest BCUT2D eigenvalue weighted by Gasteiger charge is 2.39. The molecular weight excluding hydrogens is 164 g/mol. The van der Waals surface area contributed by atoms with Crippen molar-refractivity contribution in [2.45, 2.75) is 51.0 Å². The molecule has 2 fully saturated rings. The normalized spacial score (nSPS) is 41.0. The molecule has 1 aliphatic heterocycles. The van der Waals surface area contributed by atoms with Crippen LogP contribution in [-0.2, 0) is 9.53 Å². The Morgan fingerprint density at radius 2 is 2.38 bits per heavy atom. The van der Waals surface area contributed by atoms with Crippen LogP contribution in [0.2, 0.25) is 0 Å². The Morgan fingerprint density at radius 1 is 1.54 bits per heavy atom. The van der Waals surface area contributed by atoms with Gasteiger partial charge in [-0.15, -0.1) is 0 Å². The molecule has 13 heavy (non-hydrogen) atoms. The van der Waals surface area contributed by atoms with E-state index in [1.165, 1.54) is 12.8 Å². The van der Waals surface area contributed by atoms with Crippen LogP contribution in [0.1, 0.15) is 45.4 Å². The van der Waals surface area contributed by atoms with Gasteiger partial charge in [0.15, 0.2) is 0 Å². The number of ether oxygens (including phenoxy) is 1. The molecule has 0 radical (unpaired) electrons. The summed E-state index contributed by atoms with van der Waals surface area (Å²) in [6.45, 7) is 2.93. The van der Waals surface area contributed by atoms with Gasteiger partial charge in [-0.05, 0) is 18.8 Å². The molecule has 1 saturated heterocycles. The highest BCUT2D eigenvalue weighted by Crippen LogP contribution is 2.39. The van der Waals surface area contributed by atoms with Crippen LogP contribution in [-0.4, -0.2) is 18.0 Å². The highest BCUT2D eigenvalue weighted by molar-refractivity contribution is 5.80. The van der Waals surface area contributed by atoms with E-state index in [0.717, 1.165) is 18.8 Å². The third-order valence-corrected chi connectivity index (χ3v) is 3.36.